The Morgan fingerprint density at radius 2 is 1.89 bits per heavy atom. The summed E-state index contributed by atoms with van der Waals surface area (Å²) in [6, 6.07) is 17.9. The second-order valence-corrected chi connectivity index (χ2v) is 9.22. The molecule has 0 aliphatic rings. The Kier molecular flexibility index (Phi) is 8.45. The van der Waals surface area contributed by atoms with E-state index < -0.39 is 0 Å². The highest BCUT2D eigenvalue weighted by atomic mass is 16.5. The maximum Gasteiger partial charge on any atom is 0.252 e. The Morgan fingerprint density at radius 1 is 1.08 bits per heavy atom. The molecular formula is C27H34N6O3. The summed E-state index contributed by atoms with van der Waals surface area (Å²) in [4.78, 5) is 18.4. The van der Waals surface area contributed by atoms with Crippen molar-refractivity contribution in [2.45, 2.75) is 39.4 Å². The summed E-state index contributed by atoms with van der Waals surface area (Å²) in [6.45, 7) is 6.58. The van der Waals surface area contributed by atoms with Crippen LogP contribution in [0.5, 0.6) is 5.75 Å². The van der Waals surface area contributed by atoms with E-state index in [1.165, 1.54) is 5.56 Å². The molecule has 4 aromatic rings. The van der Waals surface area contributed by atoms with Crippen LogP contribution in [-0.2, 0) is 24.2 Å². The van der Waals surface area contributed by atoms with Crippen molar-refractivity contribution in [2.24, 2.45) is 5.92 Å². The highest BCUT2D eigenvalue weighted by Crippen LogP contribution is 2.29. The van der Waals surface area contributed by atoms with E-state index in [2.05, 4.69) is 51.4 Å². The minimum atomic E-state index is -0.0983. The van der Waals surface area contributed by atoms with Gasteiger partial charge in [0.1, 0.15) is 5.75 Å². The normalized spacial score (nSPS) is 12.5. The Morgan fingerprint density at radius 3 is 2.61 bits per heavy atom. The second kappa shape index (κ2) is 11.9. The van der Waals surface area contributed by atoms with Gasteiger partial charge < -0.3 is 14.5 Å². The lowest BCUT2D eigenvalue weighted by molar-refractivity contribution is 0.130. The zero-order valence-electron chi connectivity index (χ0n) is 21.3. The highest BCUT2D eigenvalue weighted by Gasteiger charge is 2.29. The van der Waals surface area contributed by atoms with Crippen molar-refractivity contribution in [3.05, 3.63) is 81.9 Å². The molecule has 0 aliphatic carbocycles. The third-order valence-electron chi connectivity index (χ3n) is 6.39. The predicted molar refractivity (Wildman–Crippen MR) is 139 cm³/mol. The molecule has 0 saturated carbocycles. The second-order valence-electron chi connectivity index (χ2n) is 9.22. The number of aromatic amines is 1. The first kappa shape index (κ1) is 25.5. The van der Waals surface area contributed by atoms with Gasteiger partial charge in [-0.2, -0.15) is 0 Å². The highest BCUT2D eigenvalue weighted by molar-refractivity contribution is 5.80. The lowest BCUT2D eigenvalue weighted by atomic mass is 9.99. The quantitative estimate of drug-likeness (QED) is 0.324. The number of fused-ring (bicyclic) bond motifs is 1. The van der Waals surface area contributed by atoms with Crippen LogP contribution in [0, 0.1) is 5.92 Å². The first-order valence-corrected chi connectivity index (χ1v) is 12.2. The standard InChI is InChI=1S/C27H34N6O3/c1-19(2)25(26-29-30-31-33(26)14-15-35-3)32(13-12-20-8-6-5-7-9-20)18-22-16-21-17-23(36-4)10-11-24(21)28-27(22)34/h5-11,16-17,19,25H,12-15,18H2,1-4H3,(H,28,34)/t25-/m1/s1. The Balaban J connectivity index is 1.71. The van der Waals surface area contributed by atoms with Crippen LogP contribution in [0.4, 0.5) is 0 Å². The third kappa shape index (κ3) is 5.98. The molecule has 0 radical (unpaired) electrons. The molecule has 0 amide bonds. The molecule has 1 N–H and O–H groups in total. The molecule has 9 heteroatoms. The van der Waals surface area contributed by atoms with Crippen molar-refractivity contribution in [1.82, 2.24) is 30.1 Å². The summed E-state index contributed by atoms with van der Waals surface area (Å²) in [6.07, 6.45) is 0.836. The van der Waals surface area contributed by atoms with E-state index in [9.17, 15) is 4.79 Å². The molecule has 0 bridgehead atoms. The fraction of sp³-hybridized carbons (Fsp3) is 0.407. The van der Waals surface area contributed by atoms with Gasteiger partial charge in [0.15, 0.2) is 5.82 Å². The summed E-state index contributed by atoms with van der Waals surface area (Å²) >= 11 is 0. The summed E-state index contributed by atoms with van der Waals surface area (Å²) in [5.41, 5.74) is 2.61. The number of hydrogen-bond donors (Lipinski definition) is 1. The van der Waals surface area contributed by atoms with Gasteiger partial charge in [0.05, 0.1) is 26.3 Å². The number of tetrazole rings is 1. The van der Waals surface area contributed by atoms with Gasteiger partial charge in [-0.15, -0.1) is 5.10 Å². The average Bonchev–Trinajstić information content (AvgIpc) is 3.34. The minimum Gasteiger partial charge on any atom is -0.497 e. The monoisotopic (exact) mass is 490 g/mol. The van der Waals surface area contributed by atoms with E-state index in [1.807, 2.05) is 42.5 Å². The Bertz CT molecular complexity index is 1320. The summed E-state index contributed by atoms with van der Waals surface area (Å²) < 4.78 is 12.5. The number of nitrogens with zero attached hydrogens (tertiary/aromatic N) is 5. The van der Waals surface area contributed by atoms with Gasteiger partial charge in [-0.1, -0.05) is 44.2 Å². The molecule has 0 fully saturated rings. The van der Waals surface area contributed by atoms with Crippen LogP contribution < -0.4 is 10.3 Å². The van der Waals surface area contributed by atoms with Gasteiger partial charge in [0.25, 0.3) is 5.56 Å². The average molecular weight is 491 g/mol. The topological polar surface area (TPSA) is 98.2 Å². The molecule has 2 aromatic heterocycles. The lowest BCUT2D eigenvalue weighted by Gasteiger charge is -2.33. The fourth-order valence-electron chi connectivity index (χ4n) is 4.57. The third-order valence-corrected chi connectivity index (χ3v) is 6.39. The fourth-order valence-corrected chi connectivity index (χ4v) is 4.57. The first-order valence-electron chi connectivity index (χ1n) is 12.2. The van der Waals surface area contributed by atoms with Gasteiger partial charge in [0.2, 0.25) is 0 Å². The van der Waals surface area contributed by atoms with Crippen LogP contribution in [0.15, 0.2) is 59.4 Å². The molecule has 190 valence electrons. The van der Waals surface area contributed by atoms with Crippen LogP contribution in [0.3, 0.4) is 0 Å². The SMILES string of the molecule is COCCn1nnnc1[C@@H](C(C)C)N(CCc1ccccc1)Cc1cc2cc(OC)ccc2[nH]c1=O. The van der Waals surface area contributed by atoms with E-state index in [0.29, 0.717) is 25.3 Å². The van der Waals surface area contributed by atoms with Crippen LogP contribution in [0.25, 0.3) is 10.9 Å². The summed E-state index contributed by atoms with van der Waals surface area (Å²) in [7, 11) is 3.30. The number of methoxy groups -OCH3 is 2. The maximum atomic E-state index is 13.1. The number of nitrogens with one attached hydrogen (secondary N) is 1. The maximum absolute atomic E-state index is 13.1. The van der Waals surface area contributed by atoms with Crippen molar-refractivity contribution in [3.8, 4) is 5.75 Å². The molecular weight excluding hydrogens is 456 g/mol. The van der Waals surface area contributed by atoms with E-state index in [4.69, 9.17) is 9.47 Å². The number of hydrogen-bond acceptors (Lipinski definition) is 7. The largest absolute Gasteiger partial charge is 0.497 e. The number of rotatable bonds is 12. The van der Waals surface area contributed by atoms with Crippen molar-refractivity contribution in [1.29, 1.82) is 0 Å². The molecule has 0 aliphatic heterocycles. The summed E-state index contributed by atoms with van der Waals surface area (Å²) in [5, 5.41) is 13.5. The number of ether oxygens (including phenoxy) is 2. The van der Waals surface area contributed by atoms with Crippen LogP contribution in [-0.4, -0.2) is 57.5 Å². The zero-order valence-corrected chi connectivity index (χ0v) is 21.3. The van der Waals surface area contributed by atoms with Crippen molar-refractivity contribution >= 4 is 10.9 Å². The van der Waals surface area contributed by atoms with Crippen LogP contribution in [0.2, 0.25) is 0 Å². The van der Waals surface area contributed by atoms with E-state index in [1.54, 1.807) is 18.9 Å². The molecule has 9 nitrogen and oxygen atoms in total. The lowest BCUT2D eigenvalue weighted by Crippen LogP contribution is -2.37. The Labute approximate surface area is 211 Å². The van der Waals surface area contributed by atoms with E-state index >= 15 is 0 Å². The van der Waals surface area contributed by atoms with Crippen LogP contribution >= 0.6 is 0 Å². The van der Waals surface area contributed by atoms with Crippen molar-refractivity contribution in [3.63, 3.8) is 0 Å². The van der Waals surface area contributed by atoms with E-state index in [-0.39, 0.29) is 17.5 Å². The van der Waals surface area contributed by atoms with Gasteiger partial charge in [0, 0.05) is 36.7 Å². The molecule has 2 heterocycles. The predicted octanol–water partition coefficient (Wildman–Crippen LogP) is 3.61. The number of benzene rings is 2. The summed E-state index contributed by atoms with van der Waals surface area (Å²) in [5.74, 6) is 1.72. The smallest absolute Gasteiger partial charge is 0.252 e. The number of H-pyrrole nitrogens is 1. The van der Waals surface area contributed by atoms with Crippen molar-refractivity contribution < 1.29 is 9.47 Å². The first-order chi connectivity index (χ1) is 17.5. The van der Waals surface area contributed by atoms with Gasteiger partial charge >= 0.3 is 0 Å². The Hall–Kier alpha value is -3.56. The molecule has 2 aromatic carbocycles. The zero-order chi connectivity index (χ0) is 25.5. The van der Waals surface area contributed by atoms with Gasteiger partial charge in [-0.25, -0.2) is 4.68 Å². The molecule has 1 atom stereocenters. The minimum absolute atomic E-state index is 0.0963. The number of pyridine rings is 1. The molecule has 0 spiro atoms. The van der Waals surface area contributed by atoms with Gasteiger partial charge in [-0.05, 0) is 52.6 Å². The van der Waals surface area contributed by atoms with E-state index in [0.717, 1.165) is 35.4 Å². The van der Waals surface area contributed by atoms with Crippen LogP contribution in [0.1, 0.15) is 36.8 Å². The molecule has 0 unspecified atom stereocenters. The number of aromatic nitrogens is 5. The van der Waals surface area contributed by atoms with Crippen molar-refractivity contribution in [2.75, 3.05) is 27.4 Å². The molecule has 4 rings (SSSR count). The molecule has 36 heavy (non-hydrogen) atoms. The van der Waals surface area contributed by atoms with Gasteiger partial charge in [-0.3, -0.25) is 9.69 Å². The molecule has 0 saturated heterocycles.